The molecule has 0 radical (unpaired) electrons. The number of benzene rings is 2. The zero-order chi connectivity index (χ0) is 18.2. The summed E-state index contributed by atoms with van der Waals surface area (Å²) in [4.78, 5) is 23.9. The Balaban J connectivity index is 2.01. The van der Waals surface area contributed by atoms with Gasteiger partial charge in [-0.3, -0.25) is 4.79 Å². The van der Waals surface area contributed by atoms with Crippen molar-refractivity contribution < 1.29 is 23.8 Å². The molecule has 132 valence electrons. The number of esters is 1. The van der Waals surface area contributed by atoms with E-state index in [2.05, 4.69) is 5.32 Å². The van der Waals surface area contributed by atoms with Crippen LogP contribution in [0.3, 0.4) is 0 Å². The number of methoxy groups -OCH3 is 1. The lowest BCUT2D eigenvalue weighted by molar-refractivity contribution is -0.150. The van der Waals surface area contributed by atoms with Gasteiger partial charge < -0.3 is 19.5 Å². The molecule has 1 amide bonds. The predicted octanol–water partition coefficient (Wildman–Crippen LogP) is 3.28. The Morgan fingerprint density at radius 1 is 1.08 bits per heavy atom. The van der Waals surface area contributed by atoms with Crippen LogP contribution >= 0.6 is 0 Å². The van der Waals surface area contributed by atoms with Gasteiger partial charge in [0.05, 0.1) is 19.4 Å². The minimum absolute atomic E-state index is 0.269. The molecule has 6 heteroatoms. The van der Waals surface area contributed by atoms with Crippen molar-refractivity contribution >= 4 is 17.6 Å². The molecule has 6 nitrogen and oxygen atoms in total. The van der Waals surface area contributed by atoms with E-state index >= 15 is 0 Å². The summed E-state index contributed by atoms with van der Waals surface area (Å²) in [6, 6.07) is 13.7. The molecule has 0 aliphatic heterocycles. The Hall–Kier alpha value is -3.02. The average molecular weight is 343 g/mol. The Morgan fingerprint density at radius 3 is 2.40 bits per heavy atom. The first-order chi connectivity index (χ1) is 12.0. The summed E-state index contributed by atoms with van der Waals surface area (Å²) in [5.74, 6) is 0.364. The van der Waals surface area contributed by atoms with Gasteiger partial charge in [0.25, 0.3) is 5.91 Å². The molecule has 25 heavy (non-hydrogen) atoms. The van der Waals surface area contributed by atoms with Gasteiger partial charge in [0, 0.05) is 5.56 Å². The lowest BCUT2D eigenvalue weighted by Crippen LogP contribution is -2.26. The van der Waals surface area contributed by atoms with Crippen LogP contribution in [0.15, 0.2) is 48.5 Å². The number of hydrogen-bond donors (Lipinski definition) is 1. The molecule has 0 fully saturated rings. The highest BCUT2D eigenvalue weighted by Gasteiger charge is 2.16. The highest BCUT2D eigenvalue weighted by atomic mass is 16.6. The standard InChI is InChI=1S/C19H21NO5/c1-4-24-19(22)13(2)25-15-11-9-14(10-12-15)18(21)20-16-7-5-6-8-17(16)23-3/h5-13H,4H2,1-3H3,(H,20,21)/t13-/m0/s1. The molecule has 0 aliphatic rings. The van der Waals surface area contributed by atoms with Gasteiger partial charge in [-0.15, -0.1) is 0 Å². The third-order valence-electron chi connectivity index (χ3n) is 3.40. The van der Waals surface area contributed by atoms with Crippen molar-refractivity contribution in [2.45, 2.75) is 20.0 Å². The van der Waals surface area contributed by atoms with Gasteiger partial charge in [0.15, 0.2) is 6.10 Å². The van der Waals surface area contributed by atoms with Crippen molar-refractivity contribution in [1.29, 1.82) is 0 Å². The average Bonchev–Trinajstić information content (AvgIpc) is 2.63. The maximum absolute atomic E-state index is 12.3. The Bertz CT molecular complexity index is 727. The van der Waals surface area contributed by atoms with Gasteiger partial charge in [-0.2, -0.15) is 0 Å². The van der Waals surface area contributed by atoms with Crippen molar-refractivity contribution in [2.75, 3.05) is 19.0 Å². The fourth-order valence-electron chi connectivity index (χ4n) is 2.14. The summed E-state index contributed by atoms with van der Waals surface area (Å²) < 4.78 is 15.6. The fourth-order valence-corrected chi connectivity index (χ4v) is 2.14. The van der Waals surface area contributed by atoms with E-state index in [9.17, 15) is 9.59 Å². The molecular formula is C19H21NO5. The zero-order valence-corrected chi connectivity index (χ0v) is 14.4. The number of anilines is 1. The zero-order valence-electron chi connectivity index (χ0n) is 14.4. The van der Waals surface area contributed by atoms with Crippen LogP contribution in [0.5, 0.6) is 11.5 Å². The molecule has 0 unspecified atom stereocenters. The van der Waals surface area contributed by atoms with Crippen LogP contribution in [0.2, 0.25) is 0 Å². The van der Waals surface area contributed by atoms with Gasteiger partial charge in [-0.25, -0.2) is 4.79 Å². The maximum atomic E-state index is 12.3. The Labute approximate surface area is 146 Å². The van der Waals surface area contributed by atoms with E-state index in [4.69, 9.17) is 14.2 Å². The summed E-state index contributed by atoms with van der Waals surface area (Å²) in [7, 11) is 1.54. The normalized spacial score (nSPS) is 11.3. The topological polar surface area (TPSA) is 73.9 Å². The quantitative estimate of drug-likeness (QED) is 0.781. The number of hydrogen-bond acceptors (Lipinski definition) is 5. The van der Waals surface area contributed by atoms with Crippen LogP contribution in [-0.4, -0.2) is 31.7 Å². The number of carbonyl (C=O) groups excluding carboxylic acids is 2. The van der Waals surface area contributed by atoms with Gasteiger partial charge in [-0.05, 0) is 50.2 Å². The number of nitrogens with one attached hydrogen (secondary N) is 1. The van der Waals surface area contributed by atoms with Crippen LogP contribution < -0.4 is 14.8 Å². The molecule has 0 saturated heterocycles. The minimum atomic E-state index is -0.715. The largest absolute Gasteiger partial charge is 0.495 e. The molecule has 1 atom stereocenters. The van der Waals surface area contributed by atoms with E-state index in [-0.39, 0.29) is 5.91 Å². The molecule has 1 N–H and O–H groups in total. The molecule has 0 aromatic heterocycles. The number of para-hydroxylation sites is 2. The first-order valence-electron chi connectivity index (χ1n) is 7.93. The van der Waals surface area contributed by atoms with E-state index in [1.54, 1.807) is 57.4 Å². The predicted molar refractivity (Wildman–Crippen MR) is 94.1 cm³/mol. The maximum Gasteiger partial charge on any atom is 0.347 e. The lowest BCUT2D eigenvalue weighted by Gasteiger charge is -2.14. The highest BCUT2D eigenvalue weighted by molar-refractivity contribution is 6.05. The third kappa shape index (κ3) is 4.97. The summed E-state index contributed by atoms with van der Waals surface area (Å²) in [6.45, 7) is 3.65. The molecule has 0 saturated carbocycles. The van der Waals surface area contributed by atoms with Crippen molar-refractivity contribution in [3.8, 4) is 11.5 Å². The SMILES string of the molecule is CCOC(=O)[C@H](C)Oc1ccc(C(=O)Nc2ccccc2OC)cc1. The van der Waals surface area contributed by atoms with E-state index in [0.717, 1.165) is 0 Å². The molecule has 0 aliphatic carbocycles. The third-order valence-corrected chi connectivity index (χ3v) is 3.40. The van der Waals surface area contributed by atoms with E-state index in [1.807, 2.05) is 12.1 Å². The summed E-state index contributed by atoms with van der Waals surface area (Å²) >= 11 is 0. The Kier molecular flexibility index (Phi) is 6.39. The summed E-state index contributed by atoms with van der Waals surface area (Å²) in [5.41, 5.74) is 1.05. The Morgan fingerprint density at radius 2 is 1.76 bits per heavy atom. The van der Waals surface area contributed by atoms with E-state index in [1.165, 1.54) is 0 Å². The molecular weight excluding hydrogens is 322 g/mol. The van der Waals surface area contributed by atoms with Gasteiger partial charge in [-0.1, -0.05) is 12.1 Å². The van der Waals surface area contributed by atoms with Crippen molar-refractivity contribution in [1.82, 2.24) is 0 Å². The van der Waals surface area contributed by atoms with Crippen molar-refractivity contribution in [3.05, 3.63) is 54.1 Å². The number of rotatable bonds is 7. The van der Waals surface area contributed by atoms with Crippen LogP contribution in [0.4, 0.5) is 5.69 Å². The van der Waals surface area contributed by atoms with Crippen molar-refractivity contribution in [3.63, 3.8) is 0 Å². The fraction of sp³-hybridized carbons (Fsp3) is 0.263. The summed E-state index contributed by atoms with van der Waals surface area (Å²) in [5, 5.41) is 2.79. The van der Waals surface area contributed by atoms with E-state index < -0.39 is 12.1 Å². The molecule has 0 heterocycles. The molecule has 2 aromatic carbocycles. The lowest BCUT2D eigenvalue weighted by atomic mass is 10.2. The molecule has 2 rings (SSSR count). The van der Waals surface area contributed by atoms with Gasteiger partial charge in [0.2, 0.25) is 0 Å². The second-order valence-corrected chi connectivity index (χ2v) is 5.19. The van der Waals surface area contributed by atoms with Crippen LogP contribution in [0.1, 0.15) is 24.2 Å². The first-order valence-corrected chi connectivity index (χ1v) is 7.93. The minimum Gasteiger partial charge on any atom is -0.495 e. The number of ether oxygens (including phenoxy) is 3. The van der Waals surface area contributed by atoms with Crippen LogP contribution in [0.25, 0.3) is 0 Å². The summed E-state index contributed by atoms with van der Waals surface area (Å²) in [6.07, 6.45) is -0.715. The van der Waals surface area contributed by atoms with Gasteiger partial charge >= 0.3 is 5.97 Å². The first kappa shape index (κ1) is 18.3. The number of carbonyl (C=O) groups is 2. The van der Waals surface area contributed by atoms with Crippen LogP contribution in [0, 0.1) is 0 Å². The molecule has 2 aromatic rings. The van der Waals surface area contributed by atoms with E-state index in [0.29, 0.717) is 29.4 Å². The monoisotopic (exact) mass is 343 g/mol. The smallest absolute Gasteiger partial charge is 0.347 e. The highest BCUT2D eigenvalue weighted by Crippen LogP contribution is 2.24. The number of amides is 1. The molecule has 0 spiro atoms. The second-order valence-electron chi connectivity index (χ2n) is 5.19. The van der Waals surface area contributed by atoms with Crippen LogP contribution in [-0.2, 0) is 9.53 Å². The second kappa shape index (κ2) is 8.73. The van der Waals surface area contributed by atoms with Gasteiger partial charge in [0.1, 0.15) is 11.5 Å². The molecule has 0 bridgehead atoms. The van der Waals surface area contributed by atoms with Crippen molar-refractivity contribution in [2.24, 2.45) is 0 Å².